The first kappa shape index (κ1) is 12.7. The minimum absolute atomic E-state index is 0.961. The molecule has 0 aromatic heterocycles. The minimum atomic E-state index is 0.961. The first-order valence-corrected chi connectivity index (χ1v) is 6.58. The van der Waals surface area contributed by atoms with Crippen molar-refractivity contribution in [2.45, 2.75) is 45.4 Å². The van der Waals surface area contributed by atoms with E-state index in [4.69, 9.17) is 4.74 Å². The van der Waals surface area contributed by atoms with Gasteiger partial charge in [0.15, 0.2) is 0 Å². The Labute approximate surface area is 90.4 Å². The molecule has 0 saturated heterocycles. The summed E-state index contributed by atoms with van der Waals surface area (Å²) in [6.07, 6.45) is 7.80. The Hall–Kier alpha value is 0.690. The third-order valence-corrected chi connectivity index (χ3v) is 2.58. The molecule has 1 nitrogen and oxygen atoms in total. The number of hydrogen-bond acceptors (Lipinski definition) is 1. The largest absolute Gasteiger partial charge is 0.381 e. The van der Waals surface area contributed by atoms with Crippen LogP contribution in [0.25, 0.3) is 0 Å². The molecule has 0 heterocycles. The van der Waals surface area contributed by atoms with Crippen molar-refractivity contribution in [1.82, 2.24) is 0 Å². The number of halogens is 1. The van der Waals surface area contributed by atoms with E-state index < -0.39 is 0 Å². The van der Waals surface area contributed by atoms with Gasteiger partial charge >= 0.3 is 0 Å². The normalized spacial score (nSPS) is 10.5. The number of ether oxygens (including phenoxy) is 1. The highest BCUT2D eigenvalue weighted by Crippen LogP contribution is 2.02. The Bertz CT molecular complexity index is 66.2. The smallest absolute Gasteiger partial charge is 0.0466 e. The first-order chi connectivity index (χ1) is 5.91. The monoisotopic (exact) mass is 284 g/mol. The van der Waals surface area contributed by atoms with Crippen molar-refractivity contribution < 1.29 is 4.74 Å². The fraction of sp³-hybridized carbons (Fsp3) is 1.00. The van der Waals surface area contributed by atoms with Crippen LogP contribution in [-0.4, -0.2) is 17.6 Å². The molecule has 0 rings (SSSR count). The highest BCUT2D eigenvalue weighted by molar-refractivity contribution is 14.1. The lowest BCUT2D eigenvalue weighted by Crippen LogP contribution is -1.96. The van der Waals surface area contributed by atoms with Gasteiger partial charge in [-0.1, -0.05) is 48.8 Å². The summed E-state index contributed by atoms with van der Waals surface area (Å²) in [5, 5.41) is 0. The third-order valence-electron chi connectivity index (χ3n) is 1.81. The zero-order valence-corrected chi connectivity index (χ0v) is 10.3. The molecule has 0 aliphatic heterocycles. The van der Waals surface area contributed by atoms with Gasteiger partial charge in [0.25, 0.3) is 0 Å². The van der Waals surface area contributed by atoms with Crippen molar-refractivity contribution in [3.63, 3.8) is 0 Å². The van der Waals surface area contributed by atoms with Crippen LogP contribution in [0.15, 0.2) is 0 Å². The van der Waals surface area contributed by atoms with Crippen molar-refractivity contribution in [3.8, 4) is 0 Å². The van der Waals surface area contributed by atoms with Crippen LogP contribution >= 0.6 is 22.6 Å². The fourth-order valence-corrected chi connectivity index (χ4v) is 1.54. The molecular formula is C10H21IO. The molecule has 74 valence electrons. The summed E-state index contributed by atoms with van der Waals surface area (Å²) in [6, 6.07) is 0. The van der Waals surface area contributed by atoms with E-state index in [1.54, 1.807) is 0 Å². The summed E-state index contributed by atoms with van der Waals surface area (Å²) in [7, 11) is 0. The van der Waals surface area contributed by atoms with E-state index in [0.29, 0.717) is 0 Å². The highest BCUT2D eigenvalue weighted by Gasteiger charge is 1.89. The van der Waals surface area contributed by atoms with Gasteiger partial charge in [-0.05, 0) is 23.7 Å². The molecule has 0 N–H and O–H groups in total. The third kappa shape index (κ3) is 10.7. The van der Waals surface area contributed by atoms with Crippen LogP contribution in [-0.2, 0) is 4.74 Å². The molecule has 0 spiro atoms. The molecule has 12 heavy (non-hydrogen) atoms. The molecule has 0 aliphatic rings. The molecule has 0 radical (unpaired) electrons. The Morgan fingerprint density at radius 1 is 0.917 bits per heavy atom. The molecule has 0 saturated carbocycles. The molecule has 0 aliphatic carbocycles. The lowest BCUT2D eigenvalue weighted by atomic mass is 10.2. The van der Waals surface area contributed by atoms with Crippen LogP contribution in [0.3, 0.4) is 0 Å². The summed E-state index contributed by atoms with van der Waals surface area (Å²) in [4.78, 5) is 0. The van der Waals surface area contributed by atoms with Crippen molar-refractivity contribution >= 4 is 22.6 Å². The van der Waals surface area contributed by atoms with Crippen molar-refractivity contribution in [2.24, 2.45) is 0 Å². The zero-order chi connectivity index (χ0) is 9.07. The highest BCUT2D eigenvalue weighted by atomic mass is 127. The zero-order valence-electron chi connectivity index (χ0n) is 8.15. The molecule has 0 aromatic carbocycles. The molecule has 0 fully saturated rings. The second-order valence-electron chi connectivity index (χ2n) is 3.07. The SMILES string of the molecule is CCCCOCCCCCCI. The summed E-state index contributed by atoms with van der Waals surface area (Å²) in [5.41, 5.74) is 0. The Kier molecular flexibility index (Phi) is 12.4. The van der Waals surface area contributed by atoms with Gasteiger partial charge in [-0.2, -0.15) is 0 Å². The molecule has 0 atom stereocenters. The van der Waals surface area contributed by atoms with Gasteiger partial charge < -0.3 is 4.74 Å². The molecular weight excluding hydrogens is 263 g/mol. The van der Waals surface area contributed by atoms with Crippen molar-refractivity contribution in [2.75, 3.05) is 17.6 Å². The van der Waals surface area contributed by atoms with Crippen LogP contribution in [0.5, 0.6) is 0 Å². The van der Waals surface area contributed by atoms with Gasteiger partial charge in [-0.3, -0.25) is 0 Å². The fourth-order valence-electron chi connectivity index (χ4n) is 1.00. The predicted molar refractivity (Wildman–Crippen MR) is 63.1 cm³/mol. The number of alkyl halides is 1. The molecule has 0 amide bonds. The summed E-state index contributed by atoms with van der Waals surface area (Å²) >= 11 is 2.44. The molecule has 0 aromatic rings. The maximum absolute atomic E-state index is 5.45. The number of hydrogen-bond donors (Lipinski definition) is 0. The average Bonchev–Trinajstić information content (AvgIpc) is 2.10. The van der Waals surface area contributed by atoms with E-state index in [1.807, 2.05) is 0 Å². The van der Waals surface area contributed by atoms with Crippen LogP contribution in [0, 0.1) is 0 Å². The van der Waals surface area contributed by atoms with Crippen LogP contribution in [0.2, 0.25) is 0 Å². The van der Waals surface area contributed by atoms with Crippen molar-refractivity contribution in [3.05, 3.63) is 0 Å². The van der Waals surface area contributed by atoms with E-state index in [-0.39, 0.29) is 0 Å². The maximum Gasteiger partial charge on any atom is 0.0466 e. The molecule has 2 heteroatoms. The maximum atomic E-state index is 5.45. The van der Waals surface area contributed by atoms with Gasteiger partial charge in [-0.15, -0.1) is 0 Å². The van der Waals surface area contributed by atoms with Crippen LogP contribution in [0.4, 0.5) is 0 Å². The Balaban J connectivity index is 2.73. The predicted octanol–water partition coefficient (Wildman–Crippen LogP) is 3.80. The topological polar surface area (TPSA) is 9.23 Å². The first-order valence-electron chi connectivity index (χ1n) is 5.05. The quantitative estimate of drug-likeness (QED) is 0.355. The number of rotatable bonds is 9. The van der Waals surface area contributed by atoms with E-state index in [1.165, 1.54) is 43.0 Å². The van der Waals surface area contributed by atoms with Gasteiger partial charge in [0.1, 0.15) is 0 Å². The summed E-state index contributed by atoms with van der Waals surface area (Å²) in [5.74, 6) is 0. The van der Waals surface area contributed by atoms with Crippen LogP contribution < -0.4 is 0 Å². The number of unbranched alkanes of at least 4 members (excludes halogenated alkanes) is 4. The Morgan fingerprint density at radius 2 is 1.58 bits per heavy atom. The lowest BCUT2D eigenvalue weighted by molar-refractivity contribution is 0.127. The second-order valence-corrected chi connectivity index (χ2v) is 4.15. The van der Waals surface area contributed by atoms with Gasteiger partial charge in [-0.25, -0.2) is 0 Å². The molecule has 0 bridgehead atoms. The Morgan fingerprint density at radius 3 is 2.25 bits per heavy atom. The van der Waals surface area contributed by atoms with E-state index in [0.717, 1.165) is 13.2 Å². The average molecular weight is 284 g/mol. The van der Waals surface area contributed by atoms with Gasteiger partial charge in [0, 0.05) is 13.2 Å². The van der Waals surface area contributed by atoms with Crippen LogP contribution in [0.1, 0.15) is 45.4 Å². The van der Waals surface area contributed by atoms with E-state index in [9.17, 15) is 0 Å². The standard InChI is InChI=1S/C10H21IO/c1-2-3-9-12-10-7-5-4-6-8-11/h2-10H2,1H3. The van der Waals surface area contributed by atoms with Gasteiger partial charge in [0.05, 0.1) is 0 Å². The van der Waals surface area contributed by atoms with E-state index in [2.05, 4.69) is 29.5 Å². The minimum Gasteiger partial charge on any atom is -0.381 e. The summed E-state index contributed by atoms with van der Waals surface area (Å²) < 4.78 is 6.75. The molecule has 0 unspecified atom stereocenters. The lowest BCUT2D eigenvalue weighted by Gasteiger charge is -2.02. The second kappa shape index (κ2) is 11.7. The van der Waals surface area contributed by atoms with Crippen molar-refractivity contribution in [1.29, 1.82) is 0 Å². The van der Waals surface area contributed by atoms with Gasteiger partial charge in [0.2, 0.25) is 0 Å². The van der Waals surface area contributed by atoms with E-state index >= 15 is 0 Å². The summed E-state index contributed by atoms with van der Waals surface area (Å²) in [6.45, 7) is 4.13.